The molecule has 2 nitrogen and oxygen atoms in total. The van der Waals surface area contributed by atoms with Crippen LogP contribution in [0.3, 0.4) is 0 Å². The fourth-order valence-corrected chi connectivity index (χ4v) is 2.48. The van der Waals surface area contributed by atoms with E-state index in [1.165, 1.54) is 12.8 Å². The van der Waals surface area contributed by atoms with E-state index in [1.54, 1.807) is 23.9 Å². The van der Waals surface area contributed by atoms with Gasteiger partial charge in [-0.3, -0.25) is 0 Å². The molecule has 0 saturated heterocycles. The summed E-state index contributed by atoms with van der Waals surface area (Å²) >= 11 is 1.76. The number of hydrogen-bond acceptors (Lipinski definition) is 3. The number of aromatic hydroxyl groups is 1. The second-order valence-electron chi connectivity index (χ2n) is 3.96. The van der Waals surface area contributed by atoms with Gasteiger partial charge in [0.05, 0.1) is 0 Å². The molecule has 0 aliphatic heterocycles. The Labute approximate surface area is 88.5 Å². The van der Waals surface area contributed by atoms with Crippen LogP contribution in [0.15, 0.2) is 29.2 Å². The monoisotopic (exact) mass is 209 g/mol. The molecule has 0 heterocycles. The third-order valence-electron chi connectivity index (χ3n) is 2.58. The Morgan fingerprint density at radius 1 is 1.43 bits per heavy atom. The Morgan fingerprint density at radius 2 is 2.21 bits per heavy atom. The van der Waals surface area contributed by atoms with Gasteiger partial charge in [0.15, 0.2) is 0 Å². The highest BCUT2D eigenvalue weighted by Crippen LogP contribution is 2.37. The molecule has 1 fully saturated rings. The molecule has 0 spiro atoms. The fourth-order valence-electron chi connectivity index (χ4n) is 1.36. The van der Waals surface area contributed by atoms with Gasteiger partial charge in [0.25, 0.3) is 0 Å². The number of nitrogens with two attached hydrogens (primary N) is 1. The van der Waals surface area contributed by atoms with Gasteiger partial charge in [-0.1, -0.05) is 6.07 Å². The third kappa shape index (κ3) is 2.66. The first kappa shape index (κ1) is 9.87. The van der Waals surface area contributed by atoms with Gasteiger partial charge in [-0.15, -0.1) is 11.8 Å². The lowest BCUT2D eigenvalue weighted by molar-refractivity contribution is 0.474. The number of thioether (sulfide) groups is 1. The third-order valence-corrected chi connectivity index (χ3v) is 3.57. The molecular formula is C11H15NOS. The molecule has 14 heavy (non-hydrogen) atoms. The van der Waals surface area contributed by atoms with E-state index < -0.39 is 0 Å². The number of phenolic OH excluding ortho intramolecular Hbond substituents is 1. The lowest BCUT2D eigenvalue weighted by Crippen LogP contribution is -2.21. The van der Waals surface area contributed by atoms with E-state index in [9.17, 15) is 5.11 Å². The number of phenols is 1. The van der Waals surface area contributed by atoms with Crippen molar-refractivity contribution in [3.05, 3.63) is 24.3 Å². The number of hydrogen-bond donors (Lipinski definition) is 2. The fraction of sp³-hybridized carbons (Fsp3) is 0.455. The molecule has 1 saturated carbocycles. The van der Waals surface area contributed by atoms with Crippen molar-refractivity contribution in [1.82, 2.24) is 0 Å². The Hall–Kier alpha value is -0.670. The summed E-state index contributed by atoms with van der Waals surface area (Å²) in [6, 6.07) is 7.36. The minimum Gasteiger partial charge on any atom is -0.508 e. The predicted molar refractivity (Wildman–Crippen MR) is 59.6 cm³/mol. The van der Waals surface area contributed by atoms with E-state index in [0.29, 0.717) is 5.75 Å². The molecule has 0 unspecified atom stereocenters. The summed E-state index contributed by atoms with van der Waals surface area (Å²) in [6.45, 7) is 0. The van der Waals surface area contributed by atoms with Crippen molar-refractivity contribution in [1.29, 1.82) is 0 Å². The van der Waals surface area contributed by atoms with Crippen molar-refractivity contribution in [2.75, 3.05) is 5.75 Å². The van der Waals surface area contributed by atoms with Crippen molar-refractivity contribution >= 4 is 11.8 Å². The van der Waals surface area contributed by atoms with E-state index in [4.69, 9.17) is 5.73 Å². The Morgan fingerprint density at radius 3 is 2.86 bits per heavy atom. The van der Waals surface area contributed by atoms with Crippen molar-refractivity contribution in [2.24, 2.45) is 5.73 Å². The molecule has 3 heteroatoms. The number of benzene rings is 1. The minimum absolute atomic E-state index is 0.143. The summed E-state index contributed by atoms with van der Waals surface area (Å²) < 4.78 is 0. The number of rotatable bonds is 4. The van der Waals surface area contributed by atoms with Crippen LogP contribution in [0.1, 0.15) is 19.3 Å². The molecular weight excluding hydrogens is 194 g/mol. The largest absolute Gasteiger partial charge is 0.508 e. The summed E-state index contributed by atoms with van der Waals surface area (Å²) in [5.74, 6) is 1.38. The molecule has 1 aliphatic rings. The summed E-state index contributed by atoms with van der Waals surface area (Å²) in [5.41, 5.74) is 6.12. The summed E-state index contributed by atoms with van der Waals surface area (Å²) in [7, 11) is 0. The minimum atomic E-state index is 0.143. The van der Waals surface area contributed by atoms with Crippen LogP contribution in [0.5, 0.6) is 5.75 Å². The quantitative estimate of drug-likeness (QED) is 0.748. The maximum Gasteiger partial charge on any atom is 0.116 e. The Kier molecular flexibility index (Phi) is 2.70. The molecule has 0 radical (unpaired) electrons. The lowest BCUT2D eigenvalue weighted by atomic mass is 10.2. The van der Waals surface area contributed by atoms with E-state index in [0.717, 1.165) is 17.1 Å². The molecule has 1 aliphatic carbocycles. The van der Waals surface area contributed by atoms with E-state index >= 15 is 0 Å². The van der Waals surface area contributed by atoms with Crippen LogP contribution in [-0.4, -0.2) is 16.4 Å². The lowest BCUT2D eigenvalue weighted by Gasteiger charge is -2.07. The van der Waals surface area contributed by atoms with Gasteiger partial charge in [0, 0.05) is 10.4 Å². The molecule has 0 bridgehead atoms. The van der Waals surface area contributed by atoms with Gasteiger partial charge in [-0.05, 0) is 43.2 Å². The molecule has 0 aromatic heterocycles. The molecule has 0 amide bonds. The molecule has 3 N–H and O–H groups in total. The first-order chi connectivity index (χ1) is 6.68. The predicted octanol–water partition coefficient (Wildman–Crippen LogP) is 2.37. The molecule has 2 rings (SSSR count). The van der Waals surface area contributed by atoms with Crippen molar-refractivity contribution < 1.29 is 5.11 Å². The highest BCUT2D eigenvalue weighted by atomic mass is 32.2. The summed E-state index contributed by atoms with van der Waals surface area (Å²) in [4.78, 5) is 1.12. The van der Waals surface area contributed by atoms with E-state index in [2.05, 4.69) is 0 Å². The van der Waals surface area contributed by atoms with Crippen LogP contribution >= 0.6 is 11.8 Å². The molecule has 0 atom stereocenters. The molecule has 1 aromatic carbocycles. The normalized spacial score (nSPS) is 18.1. The van der Waals surface area contributed by atoms with Crippen LogP contribution in [0.4, 0.5) is 0 Å². The Balaban J connectivity index is 1.80. The first-order valence-corrected chi connectivity index (χ1v) is 5.87. The van der Waals surface area contributed by atoms with E-state index in [1.807, 2.05) is 12.1 Å². The van der Waals surface area contributed by atoms with Crippen LogP contribution in [0, 0.1) is 0 Å². The van der Waals surface area contributed by atoms with Crippen molar-refractivity contribution in [3.63, 3.8) is 0 Å². The van der Waals surface area contributed by atoms with Gasteiger partial charge >= 0.3 is 0 Å². The van der Waals surface area contributed by atoms with Crippen molar-refractivity contribution in [2.45, 2.75) is 29.7 Å². The average molecular weight is 209 g/mol. The standard InChI is InChI=1S/C11H15NOS/c12-11(4-5-11)6-7-14-10-3-1-2-9(13)8-10/h1-3,8,13H,4-7,12H2. The van der Waals surface area contributed by atoms with Gasteiger partial charge in [0.2, 0.25) is 0 Å². The smallest absolute Gasteiger partial charge is 0.116 e. The first-order valence-electron chi connectivity index (χ1n) is 4.89. The highest BCUT2D eigenvalue weighted by molar-refractivity contribution is 7.99. The van der Waals surface area contributed by atoms with Gasteiger partial charge in [-0.2, -0.15) is 0 Å². The zero-order valence-corrected chi connectivity index (χ0v) is 8.89. The SMILES string of the molecule is NC1(CCSc2cccc(O)c2)CC1. The van der Waals surface area contributed by atoms with Gasteiger partial charge in [0.1, 0.15) is 5.75 Å². The zero-order chi connectivity index (χ0) is 10.0. The topological polar surface area (TPSA) is 46.2 Å². The van der Waals surface area contributed by atoms with Crippen LogP contribution < -0.4 is 5.73 Å². The Bertz CT molecular complexity index is 323. The second kappa shape index (κ2) is 3.83. The zero-order valence-electron chi connectivity index (χ0n) is 8.07. The van der Waals surface area contributed by atoms with Crippen molar-refractivity contribution in [3.8, 4) is 5.75 Å². The maximum absolute atomic E-state index is 9.25. The second-order valence-corrected chi connectivity index (χ2v) is 5.13. The van der Waals surface area contributed by atoms with Crippen LogP contribution in [-0.2, 0) is 0 Å². The summed E-state index contributed by atoms with van der Waals surface area (Å²) in [5, 5.41) is 9.25. The average Bonchev–Trinajstić information content (AvgIpc) is 2.84. The van der Waals surface area contributed by atoms with Crippen LogP contribution in [0.25, 0.3) is 0 Å². The van der Waals surface area contributed by atoms with Gasteiger partial charge < -0.3 is 10.8 Å². The van der Waals surface area contributed by atoms with E-state index in [-0.39, 0.29) is 5.54 Å². The molecule has 76 valence electrons. The van der Waals surface area contributed by atoms with Crippen LogP contribution in [0.2, 0.25) is 0 Å². The maximum atomic E-state index is 9.25. The molecule has 1 aromatic rings. The highest BCUT2D eigenvalue weighted by Gasteiger charge is 2.37. The summed E-state index contributed by atoms with van der Waals surface area (Å²) in [6.07, 6.45) is 3.43. The van der Waals surface area contributed by atoms with Gasteiger partial charge in [-0.25, -0.2) is 0 Å².